The number of hydrogen-bond donors (Lipinski definition) is 0. The van der Waals surface area contributed by atoms with E-state index in [1.807, 2.05) is 55.5 Å². The van der Waals surface area contributed by atoms with Crippen molar-refractivity contribution < 1.29 is 9.47 Å². The van der Waals surface area contributed by atoms with Gasteiger partial charge in [0.1, 0.15) is 5.75 Å². The maximum atomic E-state index is 5.98. The molecule has 0 amide bonds. The zero-order valence-corrected chi connectivity index (χ0v) is 13.0. The summed E-state index contributed by atoms with van der Waals surface area (Å²) in [6, 6.07) is 15.7. The summed E-state index contributed by atoms with van der Waals surface area (Å²) in [5.41, 5.74) is 2.14. The number of halogens is 1. The van der Waals surface area contributed by atoms with Crippen molar-refractivity contribution in [3.8, 4) is 5.75 Å². The predicted octanol–water partition coefficient (Wildman–Crippen LogP) is 4.87. The van der Waals surface area contributed by atoms with Gasteiger partial charge in [0.2, 0.25) is 0 Å². The van der Waals surface area contributed by atoms with E-state index in [1.165, 1.54) is 0 Å². The van der Waals surface area contributed by atoms with E-state index in [0.29, 0.717) is 13.2 Å². The molecule has 0 aliphatic carbocycles. The van der Waals surface area contributed by atoms with Crippen LogP contribution in [0.5, 0.6) is 5.75 Å². The fourth-order valence-electron chi connectivity index (χ4n) is 2.14. The molecule has 111 valence electrons. The molecule has 0 saturated carbocycles. The minimum Gasteiger partial charge on any atom is -0.493 e. The summed E-state index contributed by atoms with van der Waals surface area (Å²) in [5.74, 6) is 0.827. The maximum Gasteiger partial charge on any atom is 0.125 e. The van der Waals surface area contributed by atoms with Gasteiger partial charge < -0.3 is 9.47 Å². The minimum atomic E-state index is -0.211. The molecule has 0 saturated heterocycles. The molecule has 0 fully saturated rings. The number of ether oxygens (including phenoxy) is 2. The lowest BCUT2D eigenvalue weighted by Gasteiger charge is -2.16. The fourth-order valence-corrected chi connectivity index (χ4v) is 2.35. The first-order chi connectivity index (χ1) is 10.2. The van der Waals surface area contributed by atoms with Gasteiger partial charge in [-0.05, 0) is 37.6 Å². The average Bonchev–Trinajstić information content (AvgIpc) is 2.48. The van der Waals surface area contributed by atoms with Crippen LogP contribution in [0.15, 0.2) is 48.5 Å². The van der Waals surface area contributed by atoms with Crippen molar-refractivity contribution in [1.29, 1.82) is 0 Å². The monoisotopic (exact) mass is 303 g/mol. The highest BCUT2D eigenvalue weighted by molar-refractivity contribution is 6.30. The molecule has 2 rings (SSSR count). The lowest BCUT2D eigenvalue weighted by Crippen LogP contribution is -2.06. The lowest BCUT2D eigenvalue weighted by molar-refractivity contribution is 0.0922. The van der Waals surface area contributed by atoms with Gasteiger partial charge in [0.05, 0.1) is 12.7 Å². The van der Waals surface area contributed by atoms with Crippen molar-refractivity contribution >= 4 is 11.6 Å². The van der Waals surface area contributed by atoms with E-state index in [1.54, 1.807) is 0 Å². The highest BCUT2D eigenvalue weighted by Gasteiger charge is 2.11. The smallest absolute Gasteiger partial charge is 0.125 e. The van der Waals surface area contributed by atoms with E-state index >= 15 is 0 Å². The fraction of sp³-hybridized carbons (Fsp3) is 0.278. The van der Waals surface area contributed by atoms with Gasteiger partial charge in [0.25, 0.3) is 0 Å². The van der Waals surface area contributed by atoms with Crippen LogP contribution in [0.2, 0.25) is 5.02 Å². The molecule has 0 heterocycles. The van der Waals surface area contributed by atoms with Gasteiger partial charge in [-0.2, -0.15) is 0 Å². The molecule has 21 heavy (non-hydrogen) atoms. The number of rotatable bonds is 7. The van der Waals surface area contributed by atoms with Crippen molar-refractivity contribution in [2.75, 3.05) is 13.2 Å². The molecule has 2 aromatic carbocycles. The van der Waals surface area contributed by atoms with Gasteiger partial charge in [-0.15, -0.1) is 0 Å². The van der Waals surface area contributed by atoms with E-state index in [4.69, 9.17) is 21.1 Å². The van der Waals surface area contributed by atoms with Crippen LogP contribution in [0.1, 0.15) is 24.2 Å². The third-order valence-corrected chi connectivity index (χ3v) is 3.41. The molecule has 2 aromatic rings. The van der Waals surface area contributed by atoms with Gasteiger partial charge in [-0.25, -0.2) is 0 Å². The molecular formula is C18H20ClO2. The first-order valence-electron chi connectivity index (χ1n) is 7.11. The number of hydrogen-bond acceptors (Lipinski definition) is 2. The Balaban J connectivity index is 1.97. The quantitative estimate of drug-likeness (QED) is 0.726. The van der Waals surface area contributed by atoms with E-state index in [2.05, 4.69) is 6.92 Å². The maximum absolute atomic E-state index is 5.98. The third kappa shape index (κ3) is 4.76. The van der Waals surface area contributed by atoms with Crippen LogP contribution < -0.4 is 4.74 Å². The van der Waals surface area contributed by atoms with E-state index in [-0.39, 0.29) is 6.10 Å². The second-order valence-corrected chi connectivity index (χ2v) is 5.15. The standard InChI is InChI=1S/C18H20ClO2/c1-3-20-14(2)17-9-4-5-10-18(17)21-12-11-15-7-6-8-16(19)13-15/h4-10,13-14H,2-3,11-12H2,1H3. The molecular weight excluding hydrogens is 284 g/mol. The van der Waals surface area contributed by atoms with Crippen LogP contribution in [0.3, 0.4) is 0 Å². The molecule has 0 aliphatic rings. The zero-order valence-electron chi connectivity index (χ0n) is 12.2. The van der Waals surface area contributed by atoms with Crippen LogP contribution >= 0.6 is 11.6 Å². The Hall–Kier alpha value is -1.51. The Morgan fingerprint density at radius 1 is 1.14 bits per heavy atom. The van der Waals surface area contributed by atoms with Crippen molar-refractivity contribution in [2.24, 2.45) is 0 Å². The predicted molar refractivity (Wildman–Crippen MR) is 86.8 cm³/mol. The van der Waals surface area contributed by atoms with Crippen LogP contribution in [-0.2, 0) is 11.2 Å². The Kier molecular flexibility index (Phi) is 6.09. The van der Waals surface area contributed by atoms with Crippen LogP contribution in [0, 0.1) is 6.92 Å². The highest BCUT2D eigenvalue weighted by Crippen LogP contribution is 2.27. The van der Waals surface area contributed by atoms with Gasteiger partial charge in [0.15, 0.2) is 0 Å². The molecule has 0 bridgehead atoms. The molecule has 2 nitrogen and oxygen atoms in total. The summed E-state index contributed by atoms with van der Waals surface area (Å²) < 4.78 is 11.4. The Morgan fingerprint density at radius 2 is 1.95 bits per heavy atom. The van der Waals surface area contributed by atoms with E-state index < -0.39 is 0 Å². The average molecular weight is 304 g/mol. The highest BCUT2D eigenvalue weighted by atomic mass is 35.5. The van der Waals surface area contributed by atoms with Gasteiger partial charge in [-0.1, -0.05) is 41.9 Å². The third-order valence-electron chi connectivity index (χ3n) is 3.17. The van der Waals surface area contributed by atoms with Gasteiger partial charge >= 0.3 is 0 Å². The minimum absolute atomic E-state index is 0.211. The SMILES string of the molecule is [CH2]C(OCC)c1ccccc1OCCc1cccc(Cl)c1. The summed E-state index contributed by atoms with van der Waals surface area (Å²) in [4.78, 5) is 0. The largest absolute Gasteiger partial charge is 0.493 e. The molecule has 0 N–H and O–H groups in total. The van der Waals surface area contributed by atoms with Crippen LogP contribution in [0.4, 0.5) is 0 Å². The topological polar surface area (TPSA) is 18.5 Å². The molecule has 0 aliphatic heterocycles. The van der Waals surface area contributed by atoms with E-state index in [0.717, 1.165) is 28.3 Å². The second kappa shape index (κ2) is 8.06. The Bertz CT molecular complexity index is 569. The lowest BCUT2D eigenvalue weighted by atomic mass is 10.1. The zero-order chi connectivity index (χ0) is 15.1. The number of para-hydroxylation sites is 1. The second-order valence-electron chi connectivity index (χ2n) is 4.71. The summed E-state index contributed by atoms with van der Waals surface area (Å²) >= 11 is 5.98. The van der Waals surface area contributed by atoms with Gasteiger partial charge in [0, 0.05) is 23.6 Å². The van der Waals surface area contributed by atoms with Crippen LogP contribution in [-0.4, -0.2) is 13.2 Å². The van der Waals surface area contributed by atoms with Crippen molar-refractivity contribution in [3.63, 3.8) is 0 Å². The first kappa shape index (κ1) is 15.9. The normalized spacial score (nSPS) is 12.1. The summed E-state index contributed by atoms with van der Waals surface area (Å²) in [7, 11) is 0. The molecule has 1 atom stereocenters. The van der Waals surface area contributed by atoms with Crippen molar-refractivity contribution in [1.82, 2.24) is 0 Å². The Labute approximate surface area is 131 Å². The molecule has 0 aromatic heterocycles. The number of benzene rings is 2. The molecule has 3 heteroatoms. The summed E-state index contributed by atoms with van der Waals surface area (Å²) in [6.45, 7) is 7.20. The first-order valence-corrected chi connectivity index (χ1v) is 7.49. The molecule has 1 radical (unpaired) electrons. The van der Waals surface area contributed by atoms with Crippen molar-refractivity contribution in [2.45, 2.75) is 19.4 Å². The summed E-state index contributed by atoms with van der Waals surface area (Å²) in [5, 5.41) is 0.752. The van der Waals surface area contributed by atoms with E-state index in [9.17, 15) is 0 Å². The van der Waals surface area contributed by atoms with Gasteiger partial charge in [-0.3, -0.25) is 0 Å². The Morgan fingerprint density at radius 3 is 2.71 bits per heavy atom. The summed E-state index contributed by atoms with van der Waals surface area (Å²) in [6.07, 6.45) is 0.600. The van der Waals surface area contributed by atoms with Crippen molar-refractivity contribution in [3.05, 3.63) is 71.6 Å². The molecule has 0 spiro atoms. The molecule has 1 unspecified atom stereocenters. The van der Waals surface area contributed by atoms with Crippen LogP contribution in [0.25, 0.3) is 0 Å².